The number of rotatable bonds is 42. The van der Waals surface area contributed by atoms with Crippen molar-refractivity contribution in [2.45, 2.75) is 244 Å². The quantitative estimate of drug-likeness (QED) is 0.0269. The first-order valence-electron chi connectivity index (χ1n) is 22.0. The summed E-state index contributed by atoms with van der Waals surface area (Å²) in [7, 11) is 0. The molecule has 0 aliphatic heterocycles. The summed E-state index contributed by atoms with van der Waals surface area (Å²) in [5.74, 6) is -2.91. The van der Waals surface area contributed by atoms with Crippen molar-refractivity contribution in [3.05, 3.63) is 4.91 Å². The number of esters is 2. The van der Waals surface area contributed by atoms with Gasteiger partial charge in [-0.1, -0.05) is 199 Å². The van der Waals surface area contributed by atoms with Crippen LogP contribution >= 0.6 is 0 Å². The van der Waals surface area contributed by atoms with E-state index in [1.807, 2.05) is 0 Å². The van der Waals surface area contributed by atoms with Crippen LogP contribution in [0.1, 0.15) is 226 Å². The van der Waals surface area contributed by atoms with Crippen LogP contribution in [0.2, 0.25) is 0 Å². The number of aliphatic hydroxyl groups is 1. The van der Waals surface area contributed by atoms with Crippen molar-refractivity contribution in [1.29, 1.82) is 0 Å². The molecule has 0 aromatic carbocycles. The SMILES string of the molecule is CCCCCCCCCCCCCCCCCC(=O)OC(COC(=O)CC(N=O)C(=O)O)COC(O)CCCCCCCCCCCCCCCCC. The lowest BCUT2D eigenvalue weighted by Crippen LogP contribution is -2.32. The van der Waals surface area contributed by atoms with Crippen molar-refractivity contribution in [2.24, 2.45) is 5.18 Å². The second kappa shape index (κ2) is 39.6. The van der Waals surface area contributed by atoms with Gasteiger partial charge in [-0.15, -0.1) is 4.91 Å². The van der Waals surface area contributed by atoms with Crippen molar-refractivity contribution in [3.63, 3.8) is 0 Å². The van der Waals surface area contributed by atoms with Crippen molar-refractivity contribution in [1.82, 2.24) is 0 Å². The Hall–Kier alpha value is -2.07. The molecule has 0 saturated heterocycles. The highest BCUT2D eigenvalue weighted by Crippen LogP contribution is 2.16. The molecule has 0 bridgehead atoms. The highest BCUT2D eigenvalue weighted by molar-refractivity contribution is 5.81. The Morgan fingerprint density at radius 3 is 1.28 bits per heavy atom. The molecule has 3 atom stereocenters. The lowest BCUT2D eigenvalue weighted by atomic mass is 10.0. The summed E-state index contributed by atoms with van der Waals surface area (Å²) in [6.45, 7) is 3.96. The number of ether oxygens (including phenoxy) is 3. The molecule has 0 aliphatic carbocycles. The van der Waals surface area contributed by atoms with Crippen LogP contribution in [0.15, 0.2) is 5.18 Å². The van der Waals surface area contributed by atoms with Gasteiger partial charge in [0.05, 0.1) is 13.0 Å². The van der Waals surface area contributed by atoms with Crippen LogP contribution in [0.25, 0.3) is 0 Å². The van der Waals surface area contributed by atoms with Gasteiger partial charge in [0.2, 0.25) is 0 Å². The fourth-order valence-corrected chi connectivity index (χ4v) is 6.57. The van der Waals surface area contributed by atoms with Crippen LogP contribution in [0, 0.1) is 4.91 Å². The molecule has 0 spiro atoms. The molecule has 0 radical (unpaired) electrons. The Bertz CT molecular complexity index is 856. The Morgan fingerprint density at radius 1 is 0.528 bits per heavy atom. The van der Waals surface area contributed by atoms with Crippen LogP contribution in [-0.2, 0) is 28.6 Å². The number of hydrogen-bond acceptors (Lipinski definition) is 9. The molecule has 0 aromatic heterocycles. The molecular weight excluding hydrogens is 674 g/mol. The summed E-state index contributed by atoms with van der Waals surface area (Å²) in [6.07, 6.45) is 35.2. The van der Waals surface area contributed by atoms with Gasteiger partial charge in [-0.2, -0.15) is 0 Å². The second-order valence-electron chi connectivity index (χ2n) is 15.2. The molecule has 10 heteroatoms. The van der Waals surface area contributed by atoms with Gasteiger partial charge < -0.3 is 24.4 Å². The number of nitroso groups, excluding NO2 is 1. The third kappa shape index (κ3) is 36.7. The van der Waals surface area contributed by atoms with Crippen molar-refractivity contribution >= 4 is 17.9 Å². The average molecular weight is 756 g/mol. The van der Waals surface area contributed by atoms with E-state index in [1.54, 1.807) is 0 Å². The number of hydrogen-bond donors (Lipinski definition) is 2. The van der Waals surface area contributed by atoms with Gasteiger partial charge in [0.15, 0.2) is 18.4 Å². The van der Waals surface area contributed by atoms with Gasteiger partial charge in [-0.25, -0.2) is 4.79 Å². The molecule has 0 heterocycles. The number of aliphatic carboxylic acids is 1. The highest BCUT2D eigenvalue weighted by atomic mass is 16.6. The van der Waals surface area contributed by atoms with E-state index >= 15 is 0 Å². The van der Waals surface area contributed by atoms with E-state index in [0.717, 1.165) is 38.5 Å². The van der Waals surface area contributed by atoms with Gasteiger partial charge in [0.25, 0.3) is 0 Å². The van der Waals surface area contributed by atoms with E-state index in [4.69, 9.17) is 19.3 Å². The molecule has 0 fully saturated rings. The first-order chi connectivity index (χ1) is 25.8. The number of aliphatic hydroxyl groups excluding tert-OH is 1. The molecule has 0 aliphatic rings. The predicted octanol–water partition coefficient (Wildman–Crippen LogP) is 11.9. The summed E-state index contributed by atoms with van der Waals surface area (Å²) < 4.78 is 16.2. The number of carboxylic acids is 1. The van der Waals surface area contributed by atoms with E-state index < -0.39 is 42.8 Å². The van der Waals surface area contributed by atoms with Crippen LogP contribution in [0.3, 0.4) is 0 Å². The van der Waals surface area contributed by atoms with E-state index in [0.29, 0.717) is 12.8 Å². The van der Waals surface area contributed by atoms with E-state index in [9.17, 15) is 24.4 Å². The highest BCUT2D eigenvalue weighted by Gasteiger charge is 2.25. The molecule has 53 heavy (non-hydrogen) atoms. The second-order valence-corrected chi connectivity index (χ2v) is 15.2. The van der Waals surface area contributed by atoms with Gasteiger partial charge >= 0.3 is 17.9 Å². The Kier molecular flexibility index (Phi) is 38.1. The predicted molar refractivity (Wildman–Crippen MR) is 214 cm³/mol. The summed E-state index contributed by atoms with van der Waals surface area (Å²) in [5.41, 5.74) is 0. The smallest absolute Gasteiger partial charge is 0.332 e. The third-order valence-corrected chi connectivity index (χ3v) is 10.0. The zero-order valence-electron chi connectivity index (χ0n) is 34.2. The fourth-order valence-electron chi connectivity index (χ4n) is 6.57. The summed E-state index contributed by atoms with van der Waals surface area (Å²) in [5, 5.41) is 21.8. The molecule has 2 N–H and O–H groups in total. The Morgan fingerprint density at radius 2 is 0.906 bits per heavy atom. The normalized spacial score (nSPS) is 13.0. The summed E-state index contributed by atoms with van der Waals surface area (Å²) >= 11 is 0. The number of carboxylic acid groups (broad SMARTS) is 1. The maximum absolute atomic E-state index is 12.6. The topological polar surface area (TPSA) is 149 Å². The number of carbonyl (C=O) groups excluding carboxylic acids is 2. The zero-order valence-corrected chi connectivity index (χ0v) is 34.2. The minimum absolute atomic E-state index is 0.175. The lowest BCUT2D eigenvalue weighted by Gasteiger charge is -2.20. The van der Waals surface area contributed by atoms with Gasteiger partial charge in [-0.3, -0.25) is 9.59 Å². The van der Waals surface area contributed by atoms with Crippen LogP contribution in [-0.4, -0.2) is 59.8 Å². The first kappa shape index (κ1) is 50.9. The van der Waals surface area contributed by atoms with E-state index in [-0.39, 0.29) is 19.6 Å². The van der Waals surface area contributed by atoms with Crippen molar-refractivity contribution in [2.75, 3.05) is 13.2 Å². The van der Waals surface area contributed by atoms with Crippen molar-refractivity contribution < 1.29 is 38.8 Å². The standard InChI is InChI=1S/C43H81NO9/c1-3-5-7-9-11-13-15-17-19-21-23-25-27-29-31-33-40(45)51-36-38(37-52-42(47)35-39(44-50)43(48)49)53-41(46)34-32-30-28-26-24-22-20-18-16-14-12-10-8-6-4-2/h38-40,45H,3-37H2,1-2H3,(H,48,49). The van der Waals surface area contributed by atoms with Crippen LogP contribution < -0.4 is 0 Å². The lowest BCUT2D eigenvalue weighted by molar-refractivity contribution is -0.173. The van der Waals surface area contributed by atoms with Crippen LogP contribution in [0.4, 0.5) is 0 Å². The monoisotopic (exact) mass is 756 g/mol. The van der Waals surface area contributed by atoms with E-state index in [1.165, 1.54) is 148 Å². The Balaban J connectivity index is 4.23. The molecule has 0 amide bonds. The molecule has 0 aromatic rings. The number of unbranched alkanes of at least 4 members (excludes halogenated alkanes) is 28. The summed E-state index contributed by atoms with van der Waals surface area (Å²) in [6, 6.07) is -1.75. The Labute approximate surface area is 323 Å². The molecule has 3 unspecified atom stereocenters. The molecule has 312 valence electrons. The molecule has 0 saturated carbocycles. The number of carbonyl (C=O) groups is 3. The fraction of sp³-hybridized carbons (Fsp3) is 0.930. The number of nitrogens with zero attached hydrogens (tertiary/aromatic N) is 1. The minimum atomic E-state index is -1.75. The van der Waals surface area contributed by atoms with E-state index in [2.05, 4.69) is 19.0 Å². The van der Waals surface area contributed by atoms with Gasteiger partial charge in [0.1, 0.15) is 6.61 Å². The van der Waals surface area contributed by atoms with Crippen LogP contribution in [0.5, 0.6) is 0 Å². The summed E-state index contributed by atoms with van der Waals surface area (Å²) in [4.78, 5) is 46.5. The molecular formula is C43H81NO9. The molecule has 0 rings (SSSR count). The maximum Gasteiger partial charge on any atom is 0.332 e. The average Bonchev–Trinajstić information content (AvgIpc) is 3.14. The first-order valence-corrected chi connectivity index (χ1v) is 22.0. The molecule has 10 nitrogen and oxygen atoms in total. The van der Waals surface area contributed by atoms with Gasteiger partial charge in [-0.05, 0) is 19.3 Å². The zero-order chi connectivity index (χ0) is 39.0. The third-order valence-electron chi connectivity index (χ3n) is 10.0. The maximum atomic E-state index is 12.6. The van der Waals surface area contributed by atoms with Gasteiger partial charge in [0, 0.05) is 6.42 Å². The largest absolute Gasteiger partial charge is 0.480 e. The van der Waals surface area contributed by atoms with Crippen molar-refractivity contribution in [3.8, 4) is 0 Å². The minimum Gasteiger partial charge on any atom is -0.480 e.